The van der Waals surface area contributed by atoms with Crippen LogP contribution in [0.25, 0.3) is 0 Å². The summed E-state index contributed by atoms with van der Waals surface area (Å²) in [6.45, 7) is 0. The second-order valence-electron chi connectivity index (χ2n) is 5.72. The largest absolute Gasteiger partial charge is 0.207 e. The lowest BCUT2D eigenvalue weighted by Crippen LogP contribution is -2.47. The Kier molecular flexibility index (Phi) is 2.86. The van der Waals surface area contributed by atoms with Crippen molar-refractivity contribution in [3.05, 3.63) is 30.1 Å². The number of hydrogen-bond acceptors (Lipinski definition) is 2. The molecule has 2 saturated carbocycles. The molecule has 2 aliphatic carbocycles. The minimum absolute atomic E-state index is 0.216. The van der Waals surface area contributed by atoms with Gasteiger partial charge in [0, 0.05) is 4.90 Å². The zero-order valence-electron chi connectivity index (χ0n) is 10.3. The molecule has 2 fully saturated rings. The van der Waals surface area contributed by atoms with Crippen LogP contribution in [-0.2, 0) is 0 Å². The normalized spacial score (nSPS) is 23.6. The molecule has 1 aromatic rings. The maximum Gasteiger partial charge on any atom is 0.123 e. The Morgan fingerprint density at radius 3 is 2.28 bits per heavy atom. The van der Waals surface area contributed by atoms with Crippen LogP contribution in [0.2, 0.25) is 0 Å². The summed E-state index contributed by atoms with van der Waals surface area (Å²) in [6.07, 6.45) is 7.25. The maximum absolute atomic E-state index is 12.9. The first-order valence-corrected chi connectivity index (χ1v) is 7.33. The molecule has 0 saturated heterocycles. The van der Waals surface area contributed by atoms with Crippen molar-refractivity contribution in [2.75, 3.05) is 0 Å². The predicted octanol–water partition coefficient (Wildman–Crippen LogP) is 4.53. The molecule has 0 heterocycles. The third kappa shape index (κ3) is 2.03. The average Bonchev–Trinajstić information content (AvgIpc) is 2.80. The Bertz CT molecular complexity index is 474. The highest BCUT2D eigenvalue weighted by Gasteiger charge is 2.56. The molecule has 0 bridgehead atoms. The van der Waals surface area contributed by atoms with Crippen LogP contribution in [0.1, 0.15) is 38.5 Å². The van der Waals surface area contributed by atoms with E-state index >= 15 is 0 Å². The summed E-state index contributed by atoms with van der Waals surface area (Å²) in [4.78, 5) is 1.01. The fraction of sp³-hybridized carbons (Fsp3) is 0.533. The van der Waals surface area contributed by atoms with Gasteiger partial charge in [-0.3, -0.25) is 0 Å². The summed E-state index contributed by atoms with van der Waals surface area (Å²) in [5.74, 6) is -0.216. The van der Waals surface area contributed by atoms with Crippen LogP contribution in [0, 0.1) is 22.6 Å². The Labute approximate surface area is 111 Å². The highest BCUT2D eigenvalue weighted by molar-refractivity contribution is 8.01. The summed E-state index contributed by atoms with van der Waals surface area (Å²) in [7, 11) is 0. The molecular weight excluding hydrogens is 245 g/mol. The van der Waals surface area contributed by atoms with Crippen molar-refractivity contribution in [1.82, 2.24) is 0 Å². The lowest BCUT2D eigenvalue weighted by molar-refractivity contribution is 0.119. The number of nitrogens with zero attached hydrogens (tertiary/aromatic N) is 1. The SMILES string of the molecule is N#CC1(Sc2ccc(F)cc2)CC2(CCCC2)C1. The van der Waals surface area contributed by atoms with Crippen molar-refractivity contribution in [2.24, 2.45) is 5.41 Å². The molecule has 1 aromatic carbocycles. The number of nitriles is 1. The van der Waals surface area contributed by atoms with E-state index in [1.165, 1.54) is 37.8 Å². The Morgan fingerprint density at radius 2 is 1.72 bits per heavy atom. The third-order valence-corrected chi connectivity index (χ3v) is 5.59. The molecule has 2 aliphatic rings. The van der Waals surface area contributed by atoms with Gasteiger partial charge in [-0.25, -0.2) is 4.39 Å². The van der Waals surface area contributed by atoms with Crippen molar-refractivity contribution in [3.8, 4) is 6.07 Å². The molecule has 1 spiro atoms. The molecule has 0 aromatic heterocycles. The lowest BCUT2D eigenvalue weighted by atomic mass is 9.61. The number of thioether (sulfide) groups is 1. The molecule has 0 unspecified atom stereocenters. The predicted molar refractivity (Wildman–Crippen MR) is 70.7 cm³/mol. The summed E-state index contributed by atoms with van der Waals surface area (Å²) in [6, 6.07) is 8.99. The van der Waals surface area contributed by atoms with Crippen LogP contribution in [0.15, 0.2) is 29.2 Å². The smallest absolute Gasteiger partial charge is 0.123 e. The second-order valence-corrected chi connectivity index (χ2v) is 7.18. The van der Waals surface area contributed by atoms with E-state index in [4.69, 9.17) is 0 Å². The molecular formula is C15H16FNS. The zero-order chi connectivity index (χ0) is 12.6. The van der Waals surface area contributed by atoms with Crippen LogP contribution in [0.5, 0.6) is 0 Å². The van der Waals surface area contributed by atoms with E-state index in [0.717, 1.165) is 17.7 Å². The average molecular weight is 261 g/mol. The Morgan fingerprint density at radius 1 is 1.11 bits per heavy atom. The minimum atomic E-state index is -0.262. The van der Waals surface area contributed by atoms with Crippen LogP contribution in [0.4, 0.5) is 4.39 Å². The van der Waals surface area contributed by atoms with E-state index in [2.05, 4.69) is 6.07 Å². The lowest BCUT2D eigenvalue weighted by Gasteiger charge is -2.50. The van der Waals surface area contributed by atoms with Crippen molar-refractivity contribution in [2.45, 2.75) is 48.2 Å². The van der Waals surface area contributed by atoms with E-state index in [9.17, 15) is 9.65 Å². The van der Waals surface area contributed by atoms with Gasteiger partial charge in [0.2, 0.25) is 0 Å². The number of halogens is 1. The Hall–Kier alpha value is -1.01. The van der Waals surface area contributed by atoms with E-state index < -0.39 is 0 Å². The van der Waals surface area contributed by atoms with Crippen LogP contribution >= 0.6 is 11.8 Å². The molecule has 0 N–H and O–H groups in total. The second kappa shape index (κ2) is 4.28. The molecule has 0 atom stereocenters. The van der Waals surface area contributed by atoms with Crippen molar-refractivity contribution in [1.29, 1.82) is 5.26 Å². The molecule has 0 aliphatic heterocycles. The fourth-order valence-corrected chi connectivity index (χ4v) is 5.07. The van der Waals surface area contributed by atoms with E-state index in [0.29, 0.717) is 5.41 Å². The molecule has 0 amide bonds. The van der Waals surface area contributed by atoms with Gasteiger partial charge in [0.05, 0.1) is 6.07 Å². The van der Waals surface area contributed by atoms with Crippen LogP contribution in [-0.4, -0.2) is 4.75 Å². The van der Waals surface area contributed by atoms with Gasteiger partial charge in [0.15, 0.2) is 0 Å². The summed E-state index contributed by atoms with van der Waals surface area (Å²) in [5.41, 5.74) is 0.461. The van der Waals surface area contributed by atoms with Crippen LogP contribution in [0.3, 0.4) is 0 Å². The van der Waals surface area contributed by atoms with Gasteiger partial charge in [-0.15, -0.1) is 11.8 Å². The first-order chi connectivity index (χ1) is 8.65. The fourth-order valence-electron chi connectivity index (χ4n) is 3.54. The standard InChI is InChI=1S/C15H16FNS/c16-12-3-5-13(6-4-12)18-15(11-17)9-14(10-15)7-1-2-8-14/h3-6H,1-2,7-10H2. The Balaban J connectivity index is 1.71. The van der Waals surface area contributed by atoms with Crippen molar-refractivity contribution in [3.63, 3.8) is 0 Å². The van der Waals surface area contributed by atoms with Crippen molar-refractivity contribution >= 4 is 11.8 Å². The van der Waals surface area contributed by atoms with Gasteiger partial charge >= 0.3 is 0 Å². The quantitative estimate of drug-likeness (QED) is 0.780. The molecule has 0 radical (unpaired) electrons. The molecule has 3 rings (SSSR count). The third-order valence-electron chi connectivity index (χ3n) is 4.32. The van der Waals surface area contributed by atoms with Gasteiger partial charge in [-0.2, -0.15) is 5.26 Å². The van der Waals surface area contributed by atoms with E-state index in [1.54, 1.807) is 23.9 Å². The topological polar surface area (TPSA) is 23.8 Å². The molecule has 94 valence electrons. The summed E-state index contributed by atoms with van der Waals surface area (Å²) < 4.78 is 12.6. The first-order valence-electron chi connectivity index (χ1n) is 6.51. The highest BCUT2D eigenvalue weighted by atomic mass is 32.2. The van der Waals surface area contributed by atoms with E-state index in [1.807, 2.05) is 0 Å². The number of rotatable bonds is 2. The van der Waals surface area contributed by atoms with Gasteiger partial charge < -0.3 is 0 Å². The van der Waals surface area contributed by atoms with Crippen LogP contribution < -0.4 is 0 Å². The molecule has 3 heteroatoms. The monoisotopic (exact) mass is 261 g/mol. The zero-order valence-corrected chi connectivity index (χ0v) is 11.1. The van der Waals surface area contributed by atoms with Gasteiger partial charge in [-0.1, -0.05) is 12.8 Å². The first kappa shape index (κ1) is 12.0. The van der Waals surface area contributed by atoms with Gasteiger partial charge in [0.1, 0.15) is 10.6 Å². The summed E-state index contributed by atoms with van der Waals surface area (Å²) >= 11 is 1.62. The minimum Gasteiger partial charge on any atom is -0.207 e. The maximum atomic E-state index is 12.9. The van der Waals surface area contributed by atoms with E-state index in [-0.39, 0.29) is 10.6 Å². The number of benzene rings is 1. The van der Waals surface area contributed by atoms with Gasteiger partial charge in [0.25, 0.3) is 0 Å². The molecule has 18 heavy (non-hydrogen) atoms. The van der Waals surface area contributed by atoms with Gasteiger partial charge in [-0.05, 0) is 55.4 Å². The molecule has 1 nitrogen and oxygen atoms in total. The summed E-state index contributed by atoms with van der Waals surface area (Å²) in [5, 5.41) is 9.45. The number of hydrogen-bond donors (Lipinski definition) is 0. The van der Waals surface area contributed by atoms with Crippen molar-refractivity contribution < 1.29 is 4.39 Å². The highest BCUT2D eigenvalue weighted by Crippen LogP contribution is 2.63.